The third-order valence-electron chi connectivity index (χ3n) is 4.96. The largest absolute Gasteiger partial charge is 0.480 e. The Morgan fingerprint density at radius 1 is 1.06 bits per heavy atom. The van der Waals surface area contributed by atoms with Crippen molar-refractivity contribution in [1.82, 2.24) is 5.32 Å². The van der Waals surface area contributed by atoms with E-state index in [1.807, 2.05) is 0 Å². The summed E-state index contributed by atoms with van der Waals surface area (Å²) in [5.74, 6) is 3.44. The predicted octanol–water partition coefficient (Wildman–Crippen LogP) is 2.48. The van der Waals surface area contributed by atoms with Crippen molar-refractivity contribution in [3.63, 3.8) is 0 Å². The molecule has 33 heavy (non-hydrogen) atoms. The van der Waals surface area contributed by atoms with E-state index in [0.29, 0.717) is 16.7 Å². The van der Waals surface area contributed by atoms with Crippen molar-refractivity contribution in [3.05, 3.63) is 89.5 Å². The molecule has 1 atom stereocenters. The van der Waals surface area contributed by atoms with Crippen LogP contribution in [0.4, 0.5) is 0 Å². The van der Waals surface area contributed by atoms with Crippen molar-refractivity contribution < 1.29 is 23.1 Å². The number of carboxylic acids is 1. The van der Waals surface area contributed by atoms with Crippen LogP contribution in [-0.4, -0.2) is 43.9 Å². The molecular weight excluding hydrogens is 442 g/mol. The van der Waals surface area contributed by atoms with Gasteiger partial charge in [-0.15, -0.1) is 0 Å². The minimum atomic E-state index is -3.43. The van der Waals surface area contributed by atoms with Gasteiger partial charge in [0.1, 0.15) is 6.04 Å². The third kappa shape index (κ3) is 6.05. The Morgan fingerprint density at radius 3 is 2.39 bits per heavy atom. The first kappa shape index (κ1) is 23.7. The Kier molecular flexibility index (Phi) is 7.24. The van der Waals surface area contributed by atoms with E-state index in [0.717, 1.165) is 11.8 Å². The van der Waals surface area contributed by atoms with Crippen LogP contribution in [0.2, 0.25) is 0 Å². The molecule has 8 nitrogen and oxygen atoms in total. The molecule has 0 aliphatic carbocycles. The van der Waals surface area contributed by atoms with Crippen LogP contribution in [-0.2, 0) is 21.1 Å². The number of carboxylic acid groups (broad SMARTS) is 1. The lowest BCUT2D eigenvalue weighted by Gasteiger charge is -2.15. The topological polar surface area (TPSA) is 139 Å². The summed E-state index contributed by atoms with van der Waals surface area (Å²) in [6.45, 7) is 0. The van der Waals surface area contributed by atoms with Gasteiger partial charge in [0.25, 0.3) is 5.91 Å². The molecule has 3 rings (SSSR count). The lowest BCUT2D eigenvalue weighted by molar-refractivity contribution is -0.139. The van der Waals surface area contributed by atoms with Gasteiger partial charge in [0.05, 0.1) is 11.1 Å². The average molecular weight is 466 g/mol. The molecule has 0 saturated carbocycles. The number of sulfone groups is 1. The molecular formula is C24H23N3O5S. The number of nitrogens with zero attached hydrogens (tertiary/aromatic N) is 1. The smallest absolute Gasteiger partial charge is 0.326 e. The maximum absolute atomic E-state index is 12.7. The van der Waals surface area contributed by atoms with Gasteiger partial charge in [-0.2, -0.15) is 5.10 Å². The molecule has 0 aliphatic rings. The standard InChI is InChI=1S/C24H23N3O5S/c1-33(31,32)22-8-3-2-7-20(22)18-9-11-19(12-10-18)23(28)27-21(24(29)30)14-16-5-4-6-17(13-16)15-26-25/h2-13,15,21H,14,25H2,1H3,(H,27,28)(H,29,30)/t21-/m0/s1. The number of amides is 1. The van der Waals surface area contributed by atoms with Crippen molar-refractivity contribution in [2.75, 3.05) is 6.26 Å². The second kappa shape index (κ2) is 10.1. The Bertz CT molecular complexity index is 1300. The third-order valence-corrected chi connectivity index (χ3v) is 6.12. The fourth-order valence-corrected chi connectivity index (χ4v) is 4.30. The summed E-state index contributed by atoms with van der Waals surface area (Å²) in [6.07, 6.45) is 2.66. The van der Waals surface area contributed by atoms with Gasteiger partial charge in [-0.3, -0.25) is 4.79 Å². The highest BCUT2D eigenvalue weighted by Gasteiger charge is 2.21. The van der Waals surface area contributed by atoms with E-state index in [-0.39, 0.29) is 16.9 Å². The SMILES string of the molecule is CS(=O)(=O)c1ccccc1-c1ccc(C(=O)N[C@@H](Cc2cccc(C=NN)c2)C(=O)O)cc1. The van der Waals surface area contributed by atoms with Crippen LogP contribution in [0.5, 0.6) is 0 Å². The zero-order chi connectivity index (χ0) is 24.0. The molecule has 0 fully saturated rings. The Hall–Kier alpha value is -3.98. The van der Waals surface area contributed by atoms with E-state index >= 15 is 0 Å². The summed E-state index contributed by atoms with van der Waals surface area (Å²) < 4.78 is 24.1. The first-order chi connectivity index (χ1) is 15.7. The number of aliphatic carboxylic acids is 1. The average Bonchev–Trinajstić information content (AvgIpc) is 2.78. The molecule has 0 saturated heterocycles. The second-order valence-corrected chi connectivity index (χ2v) is 9.42. The van der Waals surface area contributed by atoms with E-state index in [2.05, 4.69) is 10.4 Å². The van der Waals surface area contributed by atoms with E-state index in [1.165, 1.54) is 24.4 Å². The molecule has 4 N–H and O–H groups in total. The Morgan fingerprint density at radius 2 is 1.76 bits per heavy atom. The summed E-state index contributed by atoms with van der Waals surface area (Å²) in [7, 11) is -3.43. The van der Waals surface area contributed by atoms with Crippen LogP contribution >= 0.6 is 0 Å². The molecule has 0 heterocycles. The molecule has 0 aliphatic heterocycles. The van der Waals surface area contributed by atoms with E-state index in [4.69, 9.17) is 5.84 Å². The highest BCUT2D eigenvalue weighted by Crippen LogP contribution is 2.27. The summed E-state index contributed by atoms with van der Waals surface area (Å²) >= 11 is 0. The van der Waals surface area contributed by atoms with Crippen LogP contribution in [0.15, 0.2) is 82.8 Å². The number of hydrogen-bond donors (Lipinski definition) is 3. The number of nitrogens with one attached hydrogen (secondary N) is 1. The Balaban J connectivity index is 1.78. The number of hydrazone groups is 1. The normalized spacial score (nSPS) is 12.4. The monoisotopic (exact) mass is 465 g/mol. The quantitative estimate of drug-likeness (QED) is 0.265. The van der Waals surface area contributed by atoms with Gasteiger partial charge in [0.15, 0.2) is 9.84 Å². The maximum atomic E-state index is 12.7. The number of carbonyl (C=O) groups excluding carboxylic acids is 1. The summed E-state index contributed by atoms with van der Waals surface area (Å²) in [4.78, 5) is 24.6. The lowest BCUT2D eigenvalue weighted by atomic mass is 10.0. The van der Waals surface area contributed by atoms with Crippen LogP contribution in [0.25, 0.3) is 11.1 Å². The number of benzene rings is 3. The van der Waals surface area contributed by atoms with Gasteiger partial charge in [-0.25, -0.2) is 13.2 Å². The maximum Gasteiger partial charge on any atom is 0.326 e. The molecule has 9 heteroatoms. The highest BCUT2D eigenvalue weighted by atomic mass is 32.2. The summed E-state index contributed by atoms with van der Waals surface area (Å²) in [5.41, 5.74) is 2.83. The van der Waals surface area contributed by atoms with Crippen molar-refractivity contribution >= 4 is 27.9 Å². The molecule has 0 aromatic heterocycles. The van der Waals surface area contributed by atoms with Gasteiger partial charge in [0, 0.05) is 23.8 Å². The van der Waals surface area contributed by atoms with Crippen LogP contribution in [0.1, 0.15) is 21.5 Å². The Labute approximate surface area is 191 Å². The van der Waals surface area contributed by atoms with Gasteiger partial charge < -0.3 is 16.3 Å². The van der Waals surface area contributed by atoms with Crippen molar-refractivity contribution in [1.29, 1.82) is 0 Å². The van der Waals surface area contributed by atoms with E-state index < -0.39 is 27.8 Å². The molecule has 3 aromatic rings. The second-order valence-electron chi connectivity index (χ2n) is 7.44. The predicted molar refractivity (Wildman–Crippen MR) is 126 cm³/mol. The number of rotatable bonds is 8. The minimum Gasteiger partial charge on any atom is -0.480 e. The van der Waals surface area contributed by atoms with Crippen LogP contribution < -0.4 is 11.2 Å². The molecule has 3 aromatic carbocycles. The van der Waals surface area contributed by atoms with E-state index in [1.54, 1.807) is 54.6 Å². The molecule has 0 radical (unpaired) electrons. The molecule has 0 bridgehead atoms. The van der Waals surface area contributed by atoms with Gasteiger partial charge in [-0.1, -0.05) is 54.6 Å². The van der Waals surface area contributed by atoms with Crippen molar-refractivity contribution in [2.45, 2.75) is 17.4 Å². The minimum absolute atomic E-state index is 0.0765. The fraction of sp³-hybridized carbons (Fsp3) is 0.125. The number of nitrogens with two attached hydrogens (primary N) is 1. The number of carbonyl (C=O) groups is 2. The van der Waals surface area contributed by atoms with Crippen molar-refractivity contribution in [3.8, 4) is 11.1 Å². The highest BCUT2D eigenvalue weighted by molar-refractivity contribution is 7.90. The molecule has 170 valence electrons. The molecule has 1 amide bonds. The lowest BCUT2D eigenvalue weighted by Crippen LogP contribution is -2.42. The first-order valence-corrected chi connectivity index (χ1v) is 11.8. The zero-order valence-electron chi connectivity index (χ0n) is 17.8. The molecule has 0 spiro atoms. The van der Waals surface area contributed by atoms with Crippen LogP contribution in [0.3, 0.4) is 0 Å². The van der Waals surface area contributed by atoms with Crippen LogP contribution in [0, 0.1) is 0 Å². The number of hydrogen-bond acceptors (Lipinski definition) is 6. The fourth-order valence-electron chi connectivity index (χ4n) is 3.39. The summed E-state index contributed by atoms with van der Waals surface area (Å²) in [6, 6.07) is 18.8. The van der Waals surface area contributed by atoms with Gasteiger partial charge in [0.2, 0.25) is 0 Å². The first-order valence-electron chi connectivity index (χ1n) is 9.94. The zero-order valence-corrected chi connectivity index (χ0v) is 18.6. The summed E-state index contributed by atoms with van der Waals surface area (Å²) in [5, 5.41) is 15.6. The molecule has 0 unspecified atom stereocenters. The van der Waals surface area contributed by atoms with Gasteiger partial charge >= 0.3 is 5.97 Å². The van der Waals surface area contributed by atoms with E-state index in [9.17, 15) is 23.1 Å². The van der Waals surface area contributed by atoms with Gasteiger partial charge in [-0.05, 0) is 34.9 Å². The van der Waals surface area contributed by atoms with Crippen molar-refractivity contribution in [2.24, 2.45) is 10.9 Å².